The van der Waals surface area contributed by atoms with Crippen LogP contribution in [-0.2, 0) is 9.59 Å². The van der Waals surface area contributed by atoms with E-state index < -0.39 is 0 Å². The first-order valence-corrected chi connectivity index (χ1v) is 5.91. The molecule has 0 aliphatic carbocycles. The average molecular weight is 247 g/mol. The Morgan fingerprint density at radius 1 is 1.44 bits per heavy atom. The Morgan fingerprint density at radius 2 is 2.17 bits per heavy atom. The van der Waals surface area contributed by atoms with E-state index in [2.05, 4.69) is 5.43 Å². The van der Waals surface area contributed by atoms with Crippen LogP contribution in [0.25, 0.3) is 0 Å². The Morgan fingerprint density at radius 3 is 2.78 bits per heavy atom. The summed E-state index contributed by atoms with van der Waals surface area (Å²) in [7, 11) is 0. The summed E-state index contributed by atoms with van der Waals surface area (Å²) in [5.41, 5.74) is 5.17. The lowest BCUT2D eigenvalue weighted by atomic mass is 10.1. The van der Waals surface area contributed by atoms with Crippen LogP contribution >= 0.6 is 0 Å². The molecule has 1 aromatic carbocycles. The summed E-state index contributed by atoms with van der Waals surface area (Å²) in [6, 6.07) is 5.91. The van der Waals surface area contributed by atoms with Gasteiger partial charge in [0.2, 0.25) is 11.8 Å². The molecule has 0 spiro atoms. The zero-order chi connectivity index (χ0) is 13.3. The smallest absolute Gasteiger partial charge is 0.239 e. The molecule has 2 amide bonds. The van der Waals surface area contributed by atoms with E-state index in [-0.39, 0.29) is 24.2 Å². The monoisotopic (exact) mass is 247 g/mol. The van der Waals surface area contributed by atoms with Gasteiger partial charge >= 0.3 is 0 Å². The number of hydrazine groups is 1. The number of carbonyl (C=O) groups excluding carboxylic acids is 2. The summed E-state index contributed by atoms with van der Waals surface area (Å²) in [5, 5.41) is 0. The maximum absolute atomic E-state index is 11.9. The van der Waals surface area contributed by atoms with Crippen molar-refractivity contribution >= 4 is 17.5 Å². The van der Waals surface area contributed by atoms with Crippen molar-refractivity contribution in [3.63, 3.8) is 0 Å². The molecule has 5 nitrogen and oxygen atoms in total. The van der Waals surface area contributed by atoms with Gasteiger partial charge in [-0.25, -0.2) is 5.84 Å². The lowest BCUT2D eigenvalue weighted by Gasteiger charge is -2.19. The molecule has 1 aliphatic heterocycles. The molecular formula is C13H17N3O2. The van der Waals surface area contributed by atoms with Crippen LogP contribution in [0.15, 0.2) is 18.2 Å². The van der Waals surface area contributed by atoms with Gasteiger partial charge in [0.05, 0.1) is 5.92 Å². The zero-order valence-electron chi connectivity index (χ0n) is 10.6. The molecule has 1 aliphatic rings. The highest BCUT2D eigenvalue weighted by Gasteiger charge is 2.35. The molecule has 1 fully saturated rings. The molecule has 1 heterocycles. The van der Waals surface area contributed by atoms with Crippen LogP contribution in [0.5, 0.6) is 0 Å². The first-order chi connectivity index (χ1) is 8.52. The number of amides is 2. The Balaban J connectivity index is 2.24. The minimum absolute atomic E-state index is 0.0319. The van der Waals surface area contributed by atoms with Crippen LogP contribution in [0.4, 0.5) is 5.69 Å². The molecule has 18 heavy (non-hydrogen) atoms. The highest BCUT2D eigenvalue weighted by molar-refractivity contribution is 6.00. The van der Waals surface area contributed by atoms with Gasteiger partial charge in [0.1, 0.15) is 0 Å². The molecule has 0 saturated carbocycles. The second kappa shape index (κ2) is 4.78. The van der Waals surface area contributed by atoms with E-state index in [1.165, 1.54) is 0 Å². The summed E-state index contributed by atoms with van der Waals surface area (Å²) in [4.78, 5) is 25.1. The highest BCUT2D eigenvalue weighted by Crippen LogP contribution is 2.28. The minimum atomic E-state index is -0.358. The van der Waals surface area contributed by atoms with Crippen LogP contribution in [0.3, 0.4) is 0 Å². The topological polar surface area (TPSA) is 75.4 Å². The number of aryl methyl sites for hydroxylation is 2. The number of benzene rings is 1. The van der Waals surface area contributed by atoms with Crippen molar-refractivity contribution in [1.29, 1.82) is 0 Å². The lowest BCUT2D eigenvalue weighted by Crippen LogP contribution is -2.37. The molecule has 0 radical (unpaired) electrons. The van der Waals surface area contributed by atoms with Crippen molar-refractivity contribution in [2.45, 2.75) is 20.3 Å². The number of anilines is 1. The predicted molar refractivity (Wildman–Crippen MR) is 68.7 cm³/mol. The van der Waals surface area contributed by atoms with Gasteiger partial charge in [0.15, 0.2) is 0 Å². The number of hydrogen-bond donors (Lipinski definition) is 2. The molecule has 2 rings (SSSR count). The summed E-state index contributed by atoms with van der Waals surface area (Å²) < 4.78 is 0. The second-order valence-corrected chi connectivity index (χ2v) is 4.70. The number of nitrogens with zero attached hydrogens (tertiary/aromatic N) is 1. The molecule has 96 valence electrons. The van der Waals surface area contributed by atoms with Crippen LogP contribution < -0.4 is 16.2 Å². The number of carbonyl (C=O) groups is 2. The third kappa shape index (κ3) is 2.22. The van der Waals surface area contributed by atoms with E-state index in [9.17, 15) is 9.59 Å². The maximum atomic E-state index is 11.9. The third-order valence-electron chi connectivity index (χ3n) is 3.28. The van der Waals surface area contributed by atoms with Crippen LogP contribution in [0.1, 0.15) is 17.5 Å². The quantitative estimate of drug-likeness (QED) is 0.457. The van der Waals surface area contributed by atoms with Crippen molar-refractivity contribution in [3.05, 3.63) is 29.3 Å². The molecular weight excluding hydrogens is 230 g/mol. The summed E-state index contributed by atoms with van der Waals surface area (Å²) in [6.07, 6.45) is 0.219. The highest BCUT2D eigenvalue weighted by atomic mass is 16.2. The van der Waals surface area contributed by atoms with Crippen LogP contribution in [-0.4, -0.2) is 18.4 Å². The van der Waals surface area contributed by atoms with Gasteiger partial charge < -0.3 is 4.90 Å². The van der Waals surface area contributed by atoms with Crippen molar-refractivity contribution in [2.75, 3.05) is 11.4 Å². The fourth-order valence-corrected chi connectivity index (χ4v) is 2.34. The molecule has 1 atom stereocenters. The number of nitrogens with two attached hydrogens (primary N) is 1. The fourth-order valence-electron chi connectivity index (χ4n) is 2.34. The van der Waals surface area contributed by atoms with Crippen molar-refractivity contribution in [1.82, 2.24) is 5.43 Å². The Kier molecular flexibility index (Phi) is 3.34. The second-order valence-electron chi connectivity index (χ2n) is 4.70. The van der Waals surface area contributed by atoms with Gasteiger partial charge in [-0.3, -0.25) is 15.0 Å². The van der Waals surface area contributed by atoms with Gasteiger partial charge in [0.25, 0.3) is 0 Å². The summed E-state index contributed by atoms with van der Waals surface area (Å²) >= 11 is 0. The van der Waals surface area contributed by atoms with E-state index >= 15 is 0 Å². The standard InChI is InChI=1S/C13H17N3O2/c1-8-3-4-11(9(2)5-8)16-7-10(6-12(16)17)13(18)15-14/h3-5,10H,6-7,14H2,1-2H3,(H,15,18)/t10-/m1/s1. The van der Waals surface area contributed by atoms with Crippen molar-refractivity contribution in [2.24, 2.45) is 11.8 Å². The lowest BCUT2D eigenvalue weighted by molar-refractivity contribution is -0.126. The van der Waals surface area contributed by atoms with Gasteiger partial charge in [-0.1, -0.05) is 17.7 Å². The molecule has 3 N–H and O–H groups in total. The summed E-state index contributed by atoms with van der Waals surface area (Å²) in [6.45, 7) is 4.37. The van der Waals surface area contributed by atoms with Gasteiger partial charge in [0, 0.05) is 18.7 Å². The number of rotatable bonds is 2. The van der Waals surface area contributed by atoms with Crippen LogP contribution in [0, 0.1) is 19.8 Å². The molecule has 1 saturated heterocycles. The first-order valence-electron chi connectivity index (χ1n) is 5.91. The van der Waals surface area contributed by atoms with E-state index in [0.717, 1.165) is 16.8 Å². The normalized spacial score (nSPS) is 19.2. The van der Waals surface area contributed by atoms with Crippen molar-refractivity contribution in [3.8, 4) is 0 Å². The van der Waals surface area contributed by atoms with Gasteiger partial charge in [-0.15, -0.1) is 0 Å². The molecule has 0 aromatic heterocycles. The third-order valence-corrected chi connectivity index (χ3v) is 3.28. The average Bonchev–Trinajstić information content (AvgIpc) is 2.70. The SMILES string of the molecule is Cc1ccc(N2C[C@H](C(=O)NN)CC2=O)c(C)c1. The first kappa shape index (κ1) is 12.6. The van der Waals surface area contributed by atoms with E-state index in [4.69, 9.17) is 5.84 Å². The largest absolute Gasteiger partial charge is 0.311 e. The van der Waals surface area contributed by atoms with Crippen molar-refractivity contribution < 1.29 is 9.59 Å². The fraction of sp³-hybridized carbons (Fsp3) is 0.385. The maximum Gasteiger partial charge on any atom is 0.239 e. The molecule has 0 unspecified atom stereocenters. The Hall–Kier alpha value is -1.88. The Bertz CT molecular complexity index is 499. The Labute approximate surface area is 106 Å². The van der Waals surface area contributed by atoms with E-state index in [1.807, 2.05) is 32.0 Å². The number of hydrogen-bond acceptors (Lipinski definition) is 3. The zero-order valence-corrected chi connectivity index (χ0v) is 10.6. The van der Waals surface area contributed by atoms with Crippen LogP contribution in [0.2, 0.25) is 0 Å². The van der Waals surface area contributed by atoms with Gasteiger partial charge in [-0.2, -0.15) is 0 Å². The molecule has 5 heteroatoms. The minimum Gasteiger partial charge on any atom is -0.311 e. The van der Waals surface area contributed by atoms with E-state index in [1.54, 1.807) is 4.90 Å². The molecule has 1 aromatic rings. The van der Waals surface area contributed by atoms with Gasteiger partial charge in [-0.05, 0) is 25.5 Å². The predicted octanol–water partition coefficient (Wildman–Crippen LogP) is 0.646. The molecule has 0 bridgehead atoms. The number of nitrogens with one attached hydrogen (secondary N) is 1. The van der Waals surface area contributed by atoms with E-state index in [0.29, 0.717) is 6.54 Å². The summed E-state index contributed by atoms with van der Waals surface area (Å²) in [5.74, 6) is 4.43.